The van der Waals surface area contributed by atoms with Crippen LogP contribution in [0.25, 0.3) is 0 Å². The van der Waals surface area contributed by atoms with Gasteiger partial charge < -0.3 is 9.47 Å². The highest BCUT2D eigenvalue weighted by Gasteiger charge is 2.60. The van der Waals surface area contributed by atoms with Crippen molar-refractivity contribution >= 4 is 34.8 Å². The summed E-state index contributed by atoms with van der Waals surface area (Å²) in [6.07, 6.45) is -1.07. The molecule has 7 nitrogen and oxygen atoms in total. The summed E-state index contributed by atoms with van der Waals surface area (Å²) in [7, 11) is 3.13. The van der Waals surface area contributed by atoms with E-state index in [-0.39, 0.29) is 10.7 Å². The van der Waals surface area contributed by atoms with Crippen LogP contribution in [0.4, 0.5) is 15.8 Å². The number of ether oxygens (including phenoxy) is 2. The van der Waals surface area contributed by atoms with Crippen LogP contribution in [-0.2, 0) is 14.4 Å². The van der Waals surface area contributed by atoms with Crippen LogP contribution in [0.15, 0.2) is 66.7 Å². The van der Waals surface area contributed by atoms with Gasteiger partial charge in [-0.1, -0.05) is 23.7 Å². The van der Waals surface area contributed by atoms with Crippen LogP contribution in [0.1, 0.15) is 11.6 Å². The van der Waals surface area contributed by atoms with Crippen molar-refractivity contribution in [1.29, 1.82) is 0 Å². The Kier molecular flexibility index (Phi) is 5.63. The first kappa shape index (κ1) is 22.2. The van der Waals surface area contributed by atoms with Crippen LogP contribution >= 0.6 is 11.6 Å². The van der Waals surface area contributed by atoms with Crippen molar-refractivity contribution in [2.75, 3.05) is 24.2 Å². The number of benzene rings is 3. The summed E-state index contributed by atoms with van der Waals surface area (Å²) in [6, 6.07) is 17.5. The third kappa shape index (κ3) is 3.55. The molecular formula is C25H20ClFN2O5. The van der Waals surface area contributed by atoms with Gasteiger partial charge in [-0.2, -0.15) is 0 Å². The number of imide groups is 1. The van der Waals surface area contributed by atoms with E-state index in [0.717, 1.165) is 16.5 Å². The maximum Gasteiger partial charge on any atom is 0.266 e. The zero-order valence-electron chi connectivity index (χ0n) is 18.3. The van der Waals surface area contributed by atoms with Gasteiger partial charge in [0.25, 0.3) is 5.91 Å². The molecule has 0 saturated carbocycles. The Bertz CT molecular complexity index is 1250. The van der Waals surface area contributed by atoms with E-state index in [2.05, 4.69) is 0 Å². The first-order valence-electron chi connectivity index (χ1n) is 10.5. The molecule has 2 aliphatic heterocycles. The third-order valence-corrected chi connectivity index (χ3v) is 6.37. The molecule has 2 saturated heterocycles. The van der Waals surface area contributed by atoms with Gasteiger partial charge in [0.1, 0.15) is 23.2 Å². The zero-order valence-corrected chi connectivity index (χ0v) is 19.0. The lowest BCUT2D eigenvalue weighted by Crippen LogP contribution is -2.37. The molecule has 9 heteroatoms. The van der Waals surface area contributed by atoms with Gasteiger partial charge in [0, 0.05) is 0 Å². The van der Waals surface area contributed by atoms with E-state index in [1.54, 1.807) is 55.7 Å². The molecule has 0 radical (unpaired) electrons. The molecule has 0 aliphatic carbocycles. The minimum atomic E-state index is -1.07. The van der Waals surface area contributed by atoms with Crippen molar-refractivity contribution < 1.29 is 28.3 Å². The number of nitrogens with zero attached hydrogens (tertiary/aromatic N) is 2. The Morgan fingerprint density at radius 2 is 1.44 bits per heavy atom. The van der Waals surface area contributed by atoms with Crippen LogP contribution in [0.5, 0.6) is 11.5 Å². The summed E-state index contributed by atoms with van der Waals surface area (Å²) < 4.78 is 24.6. The second-order valence-electron chi connectivity index (χ2n) is 7.90. The van der Waals surface area contributed by atoms with Crippen LogP contribution in [0.3, 0.4) is 0 Å². The molecule has 2 aliphatic rings. The van der Waals surface area contributed by atoms with E-state index in [1.807, 2.05) is 12.1 Å². The largest absolute Gasteiger partial charge is 0.497 e. The van der Waals surface area contributed by atoms with Crippen molar-refractivity contribution in [1.82, 2.24) is 0 Å². The first-order valence-corrected chi connectivity index (χ1v) is 10.9. The van der Waals surface area contributed by atoms with E-state index >= 15 is 0 Å². The number of hydrogen-bond donors (Lipinski definition) is 0. The molecule has 3 atom stereocenters. The Hall–Kier alpha value is -3.62. The van der Waals surface area contributed by atoms with Gasteiger partial charge in [0.15, 0.2) is 6.10 Å². The van der Waals surface area contributed by atoms with E-state index < -0.39 is 35.7 Å². The zero-order chi connectivity index (χ0) is 24.0. The number of methoxy groups -OCH3 is 2. The predicted molar refractivity (Wildman–Crippen MR) is 123 cm³/mol. The number of fused-ring (bicyclic) bond motifs is 1. The smallest absolute Gasteiger partial charge is 0.266 e. The molecule has 34 heavy (non-hydrogen) atoms. The van der Waals surface area contributed by atoms with E-state index in [0.29, 0.717) is 17.2 Å². The van der Waals surface area contributed by atoms with Crippen molar-refractivity contribution in [2.45, 2.75) is 12.1 Å². The van der Waals surface area contributed by atoms with E-state index in [4.69, 9.17) is 25.9 Å². The summed E-state index contributed by atoms with van der Waals surface area (Å²) in [6.45, 7) is 0. The monoisotopic (exact) mass is 482 g/mol. The topological polar surface area (TPSA) is 68.3 Å². The SMILES string of the molecule is COc1ccc([C@H]2[C@@H]3C(=O)N(c4ccc(Cl)c(F)c4)C(=O)[C@@H]3ON2c2ccc(OC)cc2)cc1. The summed E-state index contributed by atoms with van der Waals surface area (Å²) in [5.41, 5.74) is 1.52. The Morgan fingerprint density at radius 3 is 2.03 bits per heavy atom. The third-order valence-electron chi connectivity index (χ3n) is 6.06. The molecule has 0 N–H and O–H groups in total. The molecule has 0 spiro atoms. The van der Waals surface area contributed by atoms with Crippen LogP contribution < -0.4 is 19.4 Å². The lowest BCUT2D eigenvalue weighted by Gasteiger charge is -2.29. The highest BCUT2D eigenvalue weighted by molar-refractivity contribution is 6.31. The standard InChI is InChI=1S/C25H20ClFN2O5/c1-32-17-8-3-14(4-9-17)22-21-23(34-29(22)15-5-10-18(33-2)11-6-15)25(31)28(24(21)30)16-7-12-19(26)20(27)13-16/h3-13,21-23H,1-2H3/t21-,22-,23+/m0/s1. The van der Waals surface area contributed by atoms with Gasteiger partial charge in [-0.3, -0.25) is 14.4 Å². The molecule has 5 rings (SSSR count). The number of carbonyl (C=O) groups excluding carboxylic acids is 2. The van der Waals surface area contributed by atoms with Crippen LogP contribution in [0.2, 0.25) is 5.02 Å². The minimum absolute atomic E-state index is 0.0962. The number of hydroxylamine groups is 1. The molecule has 2 amide bonds. The van der Waals surface area contributed by atoms with Crippen molar-refractivity contribution in [3.8, 4) is 11.5 Å². The highest BCUT2D eigenvalue weighted by Crippen LogP contribution is 2.48. The van der Waals surface area contributed by atoms with Gasteiger partial charge in [-0.05, 0) is 60.2 Å². The van der Waals surface area contributed by atoms with Crippen molar-refractivity contribution in [2.24, 2.45) is 5.92 Å². The molecule has 174 valence electrons. The summed E-state index contributed by atoms with van der Waals surface area (Å²) in [5, 5.41) is 1.48. The summed E-state index contributed by atoms with van der Waals surface area (Å²) in [4.78, 5) is 33.9. The average Bonchev–Trinajstić information content (AvgIpc) is 3.37. The quantitative estimate of drug-likeness (QED) is 0.497. The van der Waals surface area contributed by atoms with Gasteiger partial charge in [0.05, 0.1) is 36.7 Å². The van der Waals surface area contributed by atoms with E-state index in [9.17, 15) is 14.0 Å². The van der Waals surface area contributed by atoms with Crippen molar-refractivity contribution in [3.63, 3.8) is 0 Å². The van der Waals surface area contributed by atoms with Gasteiger partial charge in [-0.15, -0.1) is 0 Å². The average molecular weight is 483 g/mol. The molecular weight excluding hydrogens is 463 g/mol. The highest BCUT2D eigenvalue weighted by atomic mass is 35.5. The lowest BCUT2D eigenvalue weighted by molar-refractivity contribution is -0.126. The number of carbonyl (C=O) groups is 2. The number of hydrogen-bond acceptors (Lipinski definition) is 6. The second kappa shape index (κ2) is 8.62. The fraction of sp³-hybridized carbons (Fsp3) is 0.200. The maximum absolute atomic E-state index is 14.1. The fourth-order valence-electron chi connectivity index (χ4n) is 4.39. The number of amides is 2. The van der Waals surface area contributed by atoms with Gasteiger partial charge in [-0.25, -0.2) is 14.4 Å². The molecule has 0 unspecified atom stereocenters. The first-order chi connectivity index (χ1) is 16.4. The molecule has 3 aromatic rings. The second-order valence-corrected chi connectivity index (χ2v) is 8.31. The molecule has 2 heterocycles. The van der Waals surface area contributed by atoms with Gasteiger partial charge in [0.2, 0.25) is 5.91 Å². The normalized spacial score (nSPS) is 21.7. The molecule has 3 aromatic carbocycles. The van der Waals surface area contributed by atoms with Gasteiger partial charge >= 0.3 is 0 Å². The number of rotatable bonds is 5. The lowest BCUT2D eigenvalue weighted by atomic mass is 9.90. The van der Waals surface area contributed by atoms with Crippen molar-refractivity contribution in [3.05, 3.63) is 83.1 Å². The van der Waals surface area contributed by atoms with E-state index in [1.165, 1.54) is 12.1 Å². The minimum Gasteiger partial charge on any atom is -0.497 e. The Balaban J connectivity index is 1.56. The predicted octanol–water partition coefficient (Wildman–Crippen LogP) is 4.55. The molecule has 0 bridgehead atoms. The van der Waals surface area contributed by atoms with Crippen LogP contribution in [0, 0.1) is 11.7 Å². The summed E-state index contributed by atoms with van der Waals surface area (Å²) in [5.74, 6) is -1.29. The fourth-order valence-corrected chi connectivity index (χ4v) is 4.50. The maximum atomic E-state index is 14.1. The Morgan fingerprint density at radius 1 is 0.853 bits per heavy atom. The summed E-state index contributed by atoms with van der Waals surface area (Å²) >= 11 is 5.78. The Labute approximate surface area is 200 Å². The molecule has 0 aromatic heterocycles. The molecule has 2 fully saturated rings. The number of anilines is 2. The van der Waals surface area contributed by atoms with Crippen LogP contribution in [-0.4, -0.2) is 32.1 Å². The number of halogens is 2.